The van der Waals surface area contributed by atoms with Crippen LogP contribution in [-0.4, -0.2) is 108 Å². The molecule has 0 saturated carbocycles. The molecule has 1 unspecified atom stereocenters. The summed E-state index contributed by atoms with van der Waals surface area (Å²) < 4.78 is 46.9. The number of esters is 2. The van der Waals surface area contributed by atoms with Gasteiger partial charge in [-0.2, -0.15) is 0 Å². The Morgan fingerprint density at radius 3 is 1.30 bits per heavy atom. The molecule has 1 fully saturated rings. The Bertz CT molecular complexity index is 1150. The van der Waals surface area contributed by atoms with Crippen LogP contribution in [-0.2, 0) is 47.5 Å². The number of hydrogen-bond acceptors (Lipinski definition) is 12. The molecule has 12 nitrogen and oxygen atoms in total. The van der Waals surface area contributed by atoms with Gasteiger partial charge in [0.2, 0.25) is 0 Å². The fourth-order valence-corrected chi connectivity index (χ4v) is 7.30. The minimum absolute atomic E-state index is 0.0297. The number of likely N-dealkylation sites (tertiary alicyclic amines) is 1. The van der Waals surface area contributed by atoms with E-state index in [1.807, 2.05) is 0 Å². The average Bonchev–Trinajstić information content (AvgIpc) is 3.32. The number of rotatable bonds is 44. The molecule has 0 radical (unpaired) electrons. The van der Waals surface area contributed by atoms with Crippen LogP contribution in [0.15, 0.2) is 48.6 Å². The highest BCUT2D eigenvalue weighted by Crippen LogP contribution is 2.18. The molecule has 1 atom stereocenters. The molecule has 382 valence electrons. The predicted octanol–water partition coefficient (Wildman–Crippen LogP) is 12.9. The first-order chi connectivity index (χ1) is 32.3. The molecule has 1 heterocycles. The quantitative estimate of drug-likeness (QED) is 0.0190. The third-order valence-corrected chi connectivity index (χ3v) is 11.2. The molecular weight excluding hydrogens is 839 g/mol. The first-order valence-corrected chi connectivity index (χ1v) is 26.3. The van der Waals surface area contributed by atoms with E-state index in [1.54, 1.807) is 0 Å². The Labute approximate surface area is 401 Å². The molecular formula is C54H95NO11. The zero-order chi connectivity index (χ0) is 48.0. The van der Waals surface area contributed by atoms with Gasteiger partial charge in [0.05, 0.1) is 32.7 Å². The monoisotopic (exact) mass is 934 g/mol. The van der Waals surface area contributed by atoms with Gasteiger partial charge in [-0.05, 0) is 129 Å². The molecule has 66 heavy (non-hydrogen) atoms. The highest BCUT2D eigenvalue weighted by atomic mass is 16.7. The smallest absolute Gasteiger partial charge is 0.466 e. The summed E-state index contributed by atoms with van der Waals surface area (Å²) in [5.74, 6) is -0.516. The third kappa shape index (κ3) is 38.0. The molecule has 1 saturated heterocycles. The average molecular weight is 934 g/mol. The van der Waals surface area contributed by atoms with Crippen LogP contribution in [0.1, 0.15) is 189 Å². The van der Waals surface area contributed by atoms with Crippen molar-refractivity contribution in [1.82, 2.24) is 4.90 Å². The van der Waals surface area contributed by atoms with E-state index in [1.165, 1.54) is 0 Å². The van der Waals surface area contributed by atoms with E-state index >= 15 is 0 Å². The lowest BCUT2D eigenvalue weighted by Crippen LogP contribution is -2.37. The van der Waals surface area contributed by atoms with E-state index in [9.17, 15) is 14.4 Å². The van der Waals surface area contributed by atoms with Crippen LogP contribution in [0.4, 0.5) is 4.79 Å². The van der Waals surface area contributed by atoms with Gasteiger partial charge >= 0.3 is 18.1 Å². The number of piperidine rings is 1. The van der Waals surface area contributed by atoms with Crippen molar-refractivity contribution in [3.63, 3.8) is 0 Å². The largest absolute Gasteiger partial charge is 0.508 e. The number of carbonyl (C=O) groups excluding carboxylic acids is 3. The summed E-state index contributed by atoms with van der Waals surface area (Å²) in [6.45, 7) is 16.1. The van der Waals surface area contributed by atoms with Crippen LogP contribution in [0.2, 0.25) is 0 Å². The van der Waals surface area contributed by atoms with Crippen LogP contribution in [0, 0.1) is 5.92 Å². The minimum Gasteiger partial charge on any atom is -0.466 e. The fourth-order valence-electron chi connectivity index (χ4n) is 7.30. The highest BCUT2D eigenvalue weighted by molar-refractivity contribution is 5.69. The number of carbonyl (C=O) groups is 3. The zero-order valence-electron chi connectivity index (χ0n) is 42.4. The molecule has 1 aliphatic rings. The second kappa shape index (κ2) is 45.7. The standard InChI is InChI=1S/C54H95NO11/c1-6-11-15-19-23-27-40-61-52(62-41-28-24-20-16-12-7-2)35-33-50(56)59-44-37-49(66-54(58)65-47-48-32-31-39-55(10-5)46-48)38-45-60-51(57)34-36-53(63-42-29-25-21-17-13-8-3)64-43-30-26-22-18-14-9-4/h11-18,48-49,52-53H,6-10,19-47H2,1-5H3/b15-11-,16-12-,17-13-,18-14-. The number of nitrogens with zero attached hydrogens (tertiary/aromatic N) is 1. The van der Waals surface area contributed by atoms with Gasteiger partial charge in [-0.3, -0.25) is 9.59 Å². The number of unbranched alkanes of at least 4 members (excludes halogenated alkanes) is 8. The maximum Gasteiger partial charge on any atom is 0.508 e. The van der Waals surface area contributed by atoms with Gasteiger partial charge < -0.3 is 42.8 Å². The van der Waals surface area contributed by atoms with E-state index < -0.39 is 24.8 Å². The summed E-state index contributed by atoms with van der Waals surface area (Å²) in [7, 11) is 0. The number of ether oxygens (including phenoxy) is 8. The van der Waals surface area contributed by atoms with Crippen molar-refractivity contribution in [2.75, 3.05) is 65.9 Å². The SMILES string of the molecule is CC/C=C\CCCCOC(CCC(=O)OCCC(CCOC(=O)CCC(OCCCC/C=C\CC)OCCCC/C=C\CC)OC(=O)OCC1CCCN(CC)C1)OCCCC/C=C\CC. The molecule has 0 aromatic rings. The van der Waals surface area contributed by atoms with Crippen LogP contribution in [0.5, 0.6) is 0 Å². The van der Waals surface area contributed by atoms with E-state index in [-0.39, 0.29) is 63.4 Å². The van der Waals surface area contributed by atoms with Crippen molar-refractivity contribution < 1.29 is 52.3 Å². The lowest BCUT2D eigenvalue weighted by atomic mass is 9.99. The fraction of sp³-hybridized carbons (Fsp3) is 0.796. The van der Waals surface area contributed by atoms with Crippen molar-refractivity contribution in [3.05, 3.63) is 48.6 Å². The highest BCUT2D eigenvalue weighted by Gasteiger charge is 2.23. The molecule has 0 spiro atoms. The second-order valence-electron chi connectivity index (χ2n) is 17.1. The lowest BCUT2D eigenvalue weighted by molar-refractivity contribution is -0.160. The number of allylic oxidation sites excluding steroid dienone is 8. The van der Waals surface area contributed by atoms with Gasteiger partial charge in [0.1, 0.15) is 6.10 Å². The number of hydrogen-bond donors (Lipinski definition) is 0. The Morgan fingerprint density at radius 1 is 0.515 bits per heavy atom. The zero-order valence-corrected chi connectivity index (χ0v) is 42.4. The van der Waals surface area contributed by atoms with Crippen LogP contribution < -0.4 is 0 Å². The molecule has 0 aromatic carbocycles. The first kappa shape index (κ1) is 61.0. The molecule has 0 amide bonds. The van der Waals surface area contributed by atoms with E-state index in [2.05, 4.69) is 88.1 Å². The van der Waals surface area contributed by atoms with E-state index in [0.717, 1.165) is 135 Å². The molecule has 0 bridgehead atoms. The van der Waals surface area contributed by atoms with Gasteiger partial charge in [0, 0.05) is 64.6 Å². The van der Waals surface area contributed by atoms with Crippen LogP contribution >= 0.6 is 0 Å². The summed E-state index contributed by atoms with van der Waals surface area (Å²) in [5, 5.41) is 0. The summed E-state index contributed by atoms with van der Waals surface area (Å²) in [4.78, 5) is 41.2. The van der Waals surface area contributed by atoms with E-state index in [4.69, 9.17) is 37.9 Å². The second-order valence-corrected chi connectivity index (χ2v) is 17.1. The third-order valence-electron chi connectivity index (χ3n) is 11.2. The maximum atomic E-state index is 13.0. The van der Waals surface area contributed by atoms with Crippen molar-refractivity contribution in [2.24, 2.45) is 5.92 Å². The van der Waals surface area contributed by atoms with Crippen molar-refractivity contribution in [1.29, 1.82) is 0 Å². The maximum absolute atomic E-state index is 13.0. The predicted molar refractivity (Wildman–Crippen MR) is 265 cm³/mol. The summed E-state index contributed by atoms with van der Waals surface area (Å²) in [6.07, 6.45) is 34.6. The topological polar surface area (TPSA) is 128 Å². The Morgan fingerprint density at radius 2 is 0.924 bits per heavy atom. The van der Waals surface area contributed by atoms with Gasteiger partial charge in [-0.25, -0.2) is 4.79 Å². The summed E-state index contributed by atoms with van der Waals surface area (Å²) in [5.41, 5.74) is 0. The normalized spacial score (nSPS) is 14.9. The lowest BCUT2D eigenvalue weighted by Gasteiger charge is -2.31. The van der Waals surface area contributed by atoms with Crippen molar-refractivity contribution in [2.45, 2.75) is 207 Å². The molecule has 0 N–H and O–H groups in total. The van der Waals surface area contributed by atoms with Crippen molar-refractivity contribution >= 4 is 18.1 Å². The van der Waals surface area contributed by atoms with Crippen LogP contribution in [0.25, 0.3) is 0 Å². The molecule has 1 rings (SSSR count). The Hall–Kier alpha value is -3.03. The summed E-state index contributed by atoms with van der Waals surface area (Å²) >= 11 is 0. The molecule has 0 aromatic heterocycles. The van der Waals surface area contributed by atoms with Gasteiger partial charge in [0.15, 0.2) is 12.6 Å². The Balaban J connectivity index is 2.74. The van der Waals surface area contributed by atoms with Gasteiger partial charge in [-0.1, -0.05) is 83.2 Å². The van der Waals surface area contributed by atoms with Crippen LogP contribution in [0.3, 0.4) is 0 Å². The summed E-state index contributed by atoms with van der Waals surface area (Å²) in [6, 6.07) is 0. The van der Waals surface area contributed by atoms with Gasteiger partial charge in [0.25, 0.3) is 0 Å². The molecule has 1 aliphatic heterocycles. The minimum atomic E-state index is -0.772. The first-order valence-electron chi connectivity index (χ1n) is 26.3. The molecule has 12 heteroatoms. The Kier molecular flexibility index (Phi) is 42.3. The van der Waals surface area contributed by atoms with E-state index in [0.29, 0.717) is 39.3 Å². The van der Waals surface area contributed by atoms with Gasteiger partial charge in [-0.15, -0.1) is 0 Å². The van der Waals surface area contributed by atoms with Crippen molar-refractivity contribution in [3.8, 4) is 0 Å². The molecule has 0 aliphatic carbocycles.